The minimum atomic E-state index is -4.43. The Morgan fingerprint density at radius 3 is 1.37 bits per heavy atom. The molecule has 708 valence electrons. The van der Waals surface area contributed by atoms with Gasteiger partial charge in [0.15, 0.2) is 0 Å². The van der Waals surface area contributed by atoms with Gasteiger partial charge in [-0.05, 0) is 207 Å². The van der Waals surface area contributed by atoms with Gasteiger partial charge in [-0.1, -0.05) is 179 Å². The van der Waals surface area contributed by atoms with E-state index in [2.05, 4.69) is 62.6 Å². The summed E-state index contributed by atoms with van der Waals surface area (Å²) in [7, 11) is -4.14. The zero-order chi connectivity index (χ0) is 96.3. The highest BCUT2D eigenvalue weighted by molar-refractivity contribution is 8.00. The lowest BCUT2D eigenvalue weighted by Crippen LogP contribution is -2.60. The van der Waals surface area contributed by atoms with Crippen LogP contribution in [0.15, 0.2) is 174 Å². The Balaban J connectivity index is 0.961. The number of thioether (sulfide) groups is 1. The lowest BCUT2D eigenvalue weighted by Gasteiger charge is -2.36. The maximum Gasteiger partial charge on any atom is 0.264 e. The van der Waals surface area contributed by atoms with Crippen LogP contribution in [0, 0.1) is 71.1 Å². The Hall–Kier alpha value is -12.0. The van der Waals surface area contributed by atoms with E-state index >= 15 is 24.0 Å². The average molecular weight is 1860 g/mol. The van der Waals surface area contributed by atoms with Crippen LogP contribution in [0.25, 0.3) is 0 Å². The van der Waals surface area contributed by atoms with Crippen molar-refractivity contribution in [3.05, 3.63) is 247 Å². The van der Waals surface area contributed by atoms with Crippen molar-refractivity contribution in [2.24, 2.45) is 11.8 Å². The summed E-state index contributed by atoms with van der Waals surface area (Å²) in [4.78, 5) is 106. The number of methoxy groups -OCH3 is 2. The molecule has 0 aromatic heterocycles. The van der Waals surface area contributed by atoms with Crippen molar-refractivity contribution in [3.8, 4) is 23.0 Å². The number of rotatable bonds is 43. The van der Waals surface area contributed by atoms with E-state index in [1.165, 1.54) is 26.0 Å². The molecule has 14 N–H and O–H groups in total. The van der Waals surface area contributed by atoms with Crippen LogP contribution in [0.5, 0.6) is 23.0 Å². The van der Waals surface area contributed by atoms with Crippen LogP contribution in [0.4, 0.5) is 0 Å². The third-order valence-corrected chi connectivity index (χ3v) is 29.0. The molecular weight excluding hydrogens is 1730 g/mol. The lowest BCUT2D eigenvalue weighted by atomic mass is 9.84. The Morgan fingerprint density at radius 2 is 0.924 bits per heavy atom. The molecule has 0 bridgehead atoms. The number of likely N-dealkylation sites (N-methyl/N-ethyl adjacent to an activating group) is 1. The normalized spacial score (nSPS) is 14.7. The molecule has 0 saturated heterocycles. The van der Waals surface area contributed by atoms with Crippen LogP contribution < -0.4 is 81.6 Å². The van der Waals surface area contributed by atoms with Gasteiger partial charge in [-0.2, -0.15) is 0 Å². The maximum absolute atomic E-state index is 15.7. The van der Waals surface area contributed by atoms with Crippen LogP contribution in [0.3, 0.4) is 0 Å². The van der Waals surface area contributed by atoms with Crippen LogP contribution in [0.1, 0.15) is 183 Å². The van der Waals surface area contributed by atoms with Gasteiger partial charge in [0.1, 0.15) is 64.4 Å². The van der Waals surface area contributed by atoms with Gasteiger partial charge in [0.05, 0.1) is 40.8 Å². The van der Waals surface area contributed by atoms with E-state index in [4.69, 9.17) is 29.8 Å². The molecule has 0 radical (unpaired) electrons. The minimum absolute atomic E-state index is 0.00123. The van der Waals surface area contributed by atoms with Crippen molar-refractivity contribution < 1.29 is 69.3 Å². The zero-order valence-electron chi connectivity index (χ0n) is 78.8. The summed E-state index contributed by atoms with van der Waals surface area (Å²) in [6.45, 7) is 26.5. The molecule has 1 unspecified atom stereocenters. The number of benzene rings is 8. The van der Waals surface area contributed by atoms with Gasteiger partial charge in [0, 0.05) is 67.4 Å². The van der Waals surface area contributed by atoms with Gasteiger partial charge >= 0.3 is 0 Å². The number of sulfonamides is 2. The monoisotopic (exact) mass is 1860 g/mol. The fourth-order valence-electron chi connectivity index (χ4n) is 17.0. The molecular formula is C100H130N14O15S3. The highest BCUT2D eigenvalue weighted by Gasteiger charge is 2.43. The molecule has 132 heavy (non-hydrogen) atoms. The third kappa shape index (κ3) is 25.6. The maximum atomic E-state index is 15.7. The van der Waals surface area contributed by atoms with E-state index in [-0.39, 0.29) is 86.0 Å². The van der Waals surface area contributed by atoms with Crippen LogP contribution in [0.2, 0.25) is 0 Å². The van der Waals surface area contributed by atoms with E-state index in [0.29, 0.717) is 74.8 Å². The summed E-state index contributed by atoms with van der Waals surface area (Å²) in [6, 6.07) is 42.7. The van der Waals surface area contributed by atoms with Gasteiger partial charge in [-0.15, -0.1) is 11.8 Å². The number of amides is 7. The van der Waals surface area contributed by atoms with E-state index < -0.39 is 137 Å². The van der Waals surface area contributed by atoms with Gasteiger partial charge in [0.25, 0.3) is 20.0 Å². The van der Waals surface area contributed by atoms with E-state index in [9.17, 15) is 26.4 Å². The van der Waals surface area contributed by atoms with Gasteiger partial charge in [-0.25, -0.2) is 26.3 Å². The molecule has 29 nitrogen and oxygen atoms in total. The quantitative estimate of drug-likeness (QED) is 0.00730. The number of hydrogen-bond donors (Lipinski definition) is 14. The van der Waals surface area contributed by atoms with Crippen LogP contribution in [-0.4, -0.2) is 164 Å². The topological polar surface area (TPSA) is 417 Å². The number of guanidine groups is 2. The first-order chi connectivity index (χ1) is 62.5. The molecule has 0 aliphatic carbocycles. The lowest BCUT2D eigenvalue weighted by molar-refractivity contribution is -0.136. The predicted octanol–water partition coefficient (Wildman–Crippen LogP) is 11.2. The van der Waals surface area contributed by atoms with Crippen molar-refractivity contribution in [1.82, 2.24) is 62.6 Å². The first-order valence-electron chi connectivity index (χ1n) is 44.8. The van der Waals surface area contributed by atoms with Crippen molar-refractivity contribution in [2.75, 3.05) is 46.7 Å². The smallest absolute Gasteiger partial charge is 0.264 e. The Morgan fingerprint density at radius 1 is 0.485 bits per heavy atom. The summed E-state index contributed by atoms with van der Waals surface area (Å²) in [5, 5.41) is 47.3. The molecule has 0 saturated carbocycles. The molecule has 10 rings (SSSR count). The van der Waals surface area contributed by atoms with Crippen LogP contribution in [-0.2, 0) is 77.6 Å². The SMILES string of the molecule is CN[C@H](Cc1ccccc1)C(=O)N[C@@H](CC(C)C)C(=O)N[C@@H](CCCNC(=N)NS(=O)(=O)c1c(C)c(C)c2c(c1C)CC(C)(C)O2)C(=O)N[C@@H](CCCNC(=N)NS(=O)(=O)c1c(C)c(C)c2c(c1C)CC(C)(C)O2)C(=O)N[C@H](C(=O)N[C@@H](CSC(c1ccccc1)(c1ccccc1)c1ccccc1)C(=O)NCCC(=O)NC(c1ccc(C)cc1)c1ccc(OC)cc1OC)C(C)C. The van der Waals surface area contributed by atoms with Crippen molar-refractivity contribution in [1.29, 1.82) is 10.8 Å². The molecule has 2 aliphatic rings. The molecule has 32 heteroatoms. The van der Waals surface area contributed by atoms with Crippen molar-refractivity contribution in [3.63, 3.8) is 0 Å². The molecule has 2 heterocycles. The summed E-state index contributed by atoms with van der Waals surface area (Å²) >= 11 is 1.38. The van der Waals surface area contributed by atoms with E-state index in [1.807, 2.05) is 200 Å². The average Bonchev–Trinajstić information content (AvgIpc) is 0.933. The summed E-state index contributed by atoms with van der Waals surface area (Å²) in [6.07, 6.45) is 0.441. The number of aryl methyl sites for hydroxylation is 1. The first-order valence-corrected chi connectivity index (χ1v) is 48.7. The number of carbonyl (C=O) groups excluding carboxylic acids is 7. The number of hydrogen-bond acceptors (Lipinski definition) is 19. The second kappa shape index (κ2) is 44.9. The number of carbonyl (C=O) groups is 7. The highest BCUT2D eigenvalue weighted by Crippen LogP contribution is 2.50. The number of ether oxygens (including phenoxy) is 4. The minimum Gasteiger partial charge on any atom is -0.497 e. The van der Waals surface area contributed by atoms with Crippen molar-refractivity contribution in [2.45, 2.75) is 230 Å². The Bertz CT molecular complexity index is 5610. The van der Waals surface area contributed by atoms with Crippen LogP contribution >= 0.6 is 11.8 Å². The third-order valence-electron chi connectivity index (χ3n) is 24.1. The molecule has 0 fully saturated rings. The Labute approximate surface area is 781 Å². The van der Waals surface area contributed by atoms with Crippen molar-refractivity contribution >= 4 is 85.1 Å². The summed E-state index contributed by atoms with van der Waals surface area (Å²) in [5.41, 5.74) is 9.20. The van der Waals surface area contributed by atoms with E-state index in [0.717, 1.165) is 44.5 Å². The standard InChI is InChI=1S/C100H130N14O15S3/c1-59(2)53-80(109-93(119)79(103-16)54-68-33-23-19-24-34-68)94(120)108-77(41-31-50-105-96(101)113-131(122,123)88-64(8)62(6)86-75(66(88)10)56-98(12,13)128-86)91(117)107-78(42-32-51-106-97(102)114-132(124,125)89-65(9)63(7)87-76(67(89)11)57-99(14,15)129-87)92(118)112-84(60(3)4)95(121)110-81(58-130-100(70-35-25-20-26-36-70,71-37-27-21-28-38-71)72-39-29-22-30-40-72)90(116)104-52-49-83(115)111-85(69-45-43-61(5)44-46-69)74-48-47-73(126-17)55-82(74)127-18/h19-30,33-40,43-48,55,59-60,77-81,84-85,103H,31-32,41-42,49-54,56-58H2,1-18H3,(H,104,116)(H,107,117)(H,108,120)(H,109,119)(H,110,121)(H,111,115)(H,112,118)(H3,101,105,113)(H3,102,106,114)/t77-,78-,79+,80-,81-,84-,85?/m0/s1. The fourth-order valence-corrected chi connectivity index (χ4v) is 21.6. The molecule has 7 atom stereocenters. The van der Waals surface area contributed by atoms with Gasteiger partial charge in [-0.3, -0.25) is 44.4 Å². The molecule has 2 aliphatic heterocycles. The van der Waals surface area contributed by atoms with Gasteiger partial charge in [0.2, 0.25) is 53.3 Å². The fraction of sp³-hybridized carbons (Fsp3) is 0.430. The summed E-state index contributed by atoms with van der Waals surface area (Å²) in [5.74, 6) is -5.07. The zero-order valence-corrected chi connectivity index (χ0v) is 81.3. The van der Waals surface area contributed by atoms with E-state index in [1.54, 1.807) is 74.6 Å². The number of nitrogens with one attached hydrogen (secondary N) is 14. The molecule has 8 aromatic carbocycles. The highest BCUT2D eigenvalue weighted by atomic mass is 32.2. The Kier molecular flexibility index (Phi) is 34.8. The molecule has 7 amide bonds. The largest absolute Gasteiger partial charge is 0.497 e. The second-order valence-corrected chi connectivity index (χ2v) is 40.5. The molecule has 0 spiro atoms. The predicted molar refractivity (Wildman–Crippen MR) is 516 cm³/mol. The molecule has 8 aromatic rings. The summed E-state index contributed by atoms with van der Waals surface area (Å²) < 4.78 is 85.2. The second-order valence-electron chi connectivity index (χ2n) is 36.0. The number of fused-ring (bicyclic) bond motifs is 2. The first kappa shape index (κ1) is 102. The van der Waals surface area contributed by atoms with Gasteiger partial charge < -0.3 is 72.1 Å².